The van der Waals surface area contributed by atoms with Crippen LogP contribution >= 0.6 is 11.6 Å². The average molecular weight is 309 g/mol. The Morgan fingerprint density at radius 2 is 2.05 bits per heavy atom. The van der Waals surface area contributed by atoms with Gasteiger partial charge in [-0.25, -0.2) is 0 Å². The number of hydrogen-bond acceptors (Lipinski definition) is 2. The van der Waals surface area contributed by atoms with Gasteiger partial charge in [0.25, 0.3) is 0 Å². The van der Waals surface area contributed by atoms with E-state index in [4.69, 9.17) is 11.6 Å². The first-order valence-electron chi connectivity index (χ1n) is 6.57. The van der Waals surface area contributed by atoms with Gasteiger partial charge in [0.15, 0.2) is 0 Å². The van der Waals surface area contributed by atoms with Crippen molar-refractivity contribution in [3.05, 3.63) is 34.9 Å². The van der Waals surface area contributed by atoms with Gasteiger partial charge in [-0.05, 0) is 37.7 Å². The van der Waals surface area contributed by atoms with E-state index < -0.39 is 12.7 Å². The Balaban J connectivity index is 2.60. The molecule has 6 heteroatoms. The lowest BCUT2D eigenvalue weighted by atomic mass is 10.0. The van der Waals surface area contributed by atoms with Gasteiger partial charge < -0.3 is 5.32 Å². The minimum atomic E-state index is -4.15. The van der Waals surface area contributed by atoms with Crippen LogP contribution in [0.4, 0.5) is 13.2 Å². The number of nitrogens with zero attached hydrogens (tertiary/aromatic N) is 1. The number of nitrogens with one attached hydrogen (secondary N) is 1. The summed E-state index contributed by atoms with van der Waals surface area (Å²) in [4.78, 5) is 1.40. The molecule has 0 aliphatic heterocycles. The number of hydrogen-bond donors (Lipinski definition) is 1. The number of halogens is 4. The van der Waals surface area contributed by atoms with Crippen molar-refractivity contribution in [1.82, 2.24) is 10.2 Å². The molecule has 114 valence electrons. The van der Waals surface area contributed by atoms with Crippen LogP contribution in [0.2, 0.25) is 5.02 Å². The van der Waals surface area contributed by atoms with Gasteiger partial charge in [0.1, 0.15) is 0 Å². The maximum atomic E-state index is 12.4. The maximum absolute atomic E-state index is 12.4. The highest BCUT2D eigenvalue weighted by Gasteiger charge is 2.30. The molecule has 0 saturated carbocycles. The quantitative estimate of drug-likeness (QED) is 0.822. The van der Waals surface area contributed by atoms with E-state index >= 15 is 0 Å². The first kappa shape index (κ1) is 17.3. The molecular weight excluding hydrogens is 289 g/mol. The fraction of sp³-hybridized carbons (Fsp3) is 0.571. The smallest absolute Gasteiger partial charge is 0.313 e. The third-order valence-electron chi connectivity index (χ3n) is 3.18. The lowest BCUT2D eigenvalue weighted by Gasteiger charge is -2.25. The van der Waals surface area contributed by atoms with Crippen molar-refractivity contribution in [1.29, 1.82) is 0 Å². The van der Waals surface area contributed by atoms with Crippen molar-refractivity contribution in [2.45, 2.75) is 25.6 Å². The predicted octanol–water partition coefficient (Wildman–Crippen LogP) is 3.87. The van der Waals surface area contributed by atoms with Gasteiger partial charge in [-0.1, -0.05) is 30.7 Å². The Labute approximate surface area is 122 Å². The van der Waals surface area contributed by atoms with Gasteiger partial charge in [0.2, 0.25) is 0 Å². The normalized spacial score (nSPS) is 13.8. The monoisotopic (exact) mass is 308 g/mol. The molecule has 0 aliphatic rings. The van der Waals surface area contributed by atoms with E-state index in [-0.39, 0.29) is 6.04 Å². The van der Waals surface area contributed by atoms with E-state index in [0.717, 1.165) is 5.56 Å². The lowest BCUT2D eigenvalue weighted by molar-refractivity contribution is -0.145. The third kappa shape index (κ3) is 6.11. The van der Waals surface area contributed by atoms with Gasteiger partial charge in [0.05, 0.1) is 6.54 Å². The Hall–Kier alpha value is -0.780. The summed E-state index contributed by atoms with van der Waals surface area (Å²) in [6, 6.07) is 7.38. The topological polar surface area (TPSA) is 15.3 Å². The van der Waals surface area contributed by atoms with Crippen molar-refractivity contribution < 1.29 is 13.2 Å². The molecule has 2 nitrogen and oxygen atoms in total. The molecular formula is C14H20ClF3N2. The second kappa shape index (κ2) is 7.86. The van der Waals surface area contributed by atoms with E-state index in [1.54, 1.807) is 20.0 Å². The highest BCUT2D eigenvalue weighted by Crippen LogP contribution is 2.22. The van der Waals surface area contributed by atoms with Gasteiger partial charge in [0, 0.05) is 17.6 Å². The van der Waals surface area contributed by atoms with Crippen LogP contribution in [-0.2, 0) is 0 Å². The number of benzene rings is 1. The summed E-state index contributed by atoms with van der Waals surface area (Å²) >= 11 is 5.94. The van der Waals surface area contributed by atoms with E-state index in [1.807, 2.05) is 18.2 Å². The highest BCUT2D eigenvalue weighted by molar-refractivity contribution is 6.30. The fourth-order valence-electron chi connectivity index (χ4n) is 2.12. The SMILES string of the molecule is CCN(CCC(NC)c1cccc(Cl)c1)CC(F)(F)F. The molecule has 1 N–H and O–H groups in total. The van der Waals surface area contributed by atoms with E-state index in [2.05, 4.69) is 5.32 Å². The maximum Gasteiger partial charge on any atom is 0.401 e. The van der Waals surface area contributed by atoms with E-state index in [1.165, 1.54) is 4.90 Å². The van der Waals surface area contributed by atoms with Crippen LogP contribution in [0.25, 0.3) is 0 Å². The van der Waals surface area contributed by atoms with Crippen LogP contribution in [0.3, 0.4) is 0 Å². The molecule has 0 spiro atoms. The van der Waals surface area contributed by atoms with Gasteiger partial charge >= 0.3 is 6.18 Å². The molecule has 0 fully saturated rings. The second-order valence-corrected chi connectivity index (χ2v) is 5.11. The fourth-order valence-corrected chi connectivity index (χ4v) is 2.31. The van der Waals surface area contributed by atoms with Crippen LogP contribution in [-0.4, -0.2) is 37.8 Å². The Morgan fingerprint density at radius 3 is 2.55 bits per heavy atom. The molecule has 20 heavy (non-hydrogen) atoms. The van der Waals surface area contributed by atoms with Crippen molar-refractivity contribution in [3.63, 3.8) is 0 Å². The molecule has 1 unspecified atom stereocenters. The highest BCUT2D eigenvalue weighted by atomic mass is 35.5. The summed E-state index contributed by atoms with van der Waals surface area (Å²) < 4.78 is 37.2. The summed E-state index contributed by atoms with van der Waals surface area (Å²) in [6.07, 6.45) is -3.55. The zero-order valence-corrected chi connectivity index (χ0v) is 12.4. The van der Waals surface area contributed by atoms with Crippen molar-refractivity contribution in [2.75, 3.05) is 26.7 Å². The van der Waals surface area contributed by atoms with Crippen molar-refractivity contribution in [3.8, 4) is 0 Å². The molecule has 1 aromatic rings. The molecule has 0 aromatic heterocycles. The largest absolute Gasteiger partial charge is 0.401 e. The van der Waals surface area contributed by atoms with Crippen LogP contribution in [0, 0.1) is 0 Å². The number of alkyl halides is 3. The molecule has 1 atom stereocenters. The summed E-state index contributed by atoms with van der Waals surface area (Å²) in [6.45, 7) is 1.63. The van der Waals surface area contributed by atoms with Crippen molar-refractivity contribution in [2.24, 2.45) is 0 Å². The Bertz CT molecular complexity index is 410. The zero-order chi connectivity index (χ0) is 15.2. The van der Waals surface area contributed by atoms with Crippen LogP contribution in [0.5, 0.6) is 0 Å². The second-order valence-electron chi connectivity index (χ2n) is 4.67. The molecule has 0 aliphatic carbocycles. The zero-order valence-electron chi connectivity index (χ0n) is 11.7. The van der Waals surface area contributed by atoms with Gasteiger partial charge in [-0.2, -0.15) is 13.2 Å². The third-order valence-corrected chi connectivity index (χ3v) is 3.42. The molecule has 0 amide bonds. The van der Waals surface area contributed by atoms with Crippen LogP contribution in [0.1, 0.15) is 24.9 Å². The Morgan fingerprint density at radius 1 is 1.35 bits per heavy atom. The van der Waals surface area contributed by atoms with Crippen LogP contribution < -0.4 is 5.32 Å². The molecule has 0 heterocycles. The molecule has 0 radical (unpaired) electrons. The lowest BCUT2D eigenvalue weighted by Crippen LogP contribution is -2.36. The molecule has 1 aromatic carbocycles. The van der Waals surface area contributed by atoms with Gasteiger partial charge in [-0.15, -0.1) is 0 Å². The molecule has 0 saturated heterocycles. The standard InChI is InChI=1S/C14H20ClF3N2/c1-3-20(10-14(16,17)18)8-7-13(19-2)11-5-4-6-12(15)9-11/h4-6,9,13,19H,3,7-8,10H2,1-2H3. The molecule has 0 bridgehead atoms. The van der Waals surface area contributed by atoms with E-state index in [9.17, 15) is 13.2 Å². The van der Waals surface area contributed by atoms with Crippen molar-refractivity contribution >= 4 is 11.6 Å². The number of rotatable bonds is 7. The summed E-state index contributed by atoms with van der Waals surface area (Å²) in [5.74, 6) is 0. The minimum absolute atomic E-state index is 0.00372. The van der Waals surface area contributed by atoms with E-state index in [0.29, 0.717) is 24.5 Å². The van der Waals surface area contributed by atoms with Crippen LogP contribution in [0.15, 0.2) is 24.3 Å². The first-order chi connectivity index (χ1) is 9.35. The minimum Gasteiger partial charge on any atom is -0.313 e. The summed E-state index contributed by atoms with van der Waals surface area (Å²) in [7, 11) is 1.80. The summed E-state index contributed by atoms with van der Waals surface area (Å²) in [5.41, 5.74) is 0.989. The predicted molar refractivity (Wildman–Crippen MR) is 76.0 cm³/mol. The summed E-state index contributed by atoms with van der Waals surface area (Å²) in [5, 5.41) is 3.75. The average Bonchev–Trinajstić information content (AvgIpc) is 2.36. The Kier molecular flexibility index (Phi) is 6.79. The van der Waals surface area contributed by atoms with Gasteiger partial charge in [-0.3, -0.25) is 4.90 Å². The first-order valence-corrected chi connectivity index (χ1v) is 6.95. The molecule has 1 rings (SSSR count).